The van der Waals surface area contributed by atoms with E-state index in [0.29, 0.717) is 31.0 Å². The number of rotatable bonds is 4. The quantitative estimate of drug-likeness (QED) is 0.897. The van der Waals surface area contributed by atoms with Gasteiger partial charge in [0, 0.05) is 30.6 Å². The van der Waals surface area contributed by atoms with Crippen LogP contribution in [0.2, 0.25) is 5.02 Å². The van der Waals surface area contributed by atoms with Crippen molar-refractivity contribution >= 4 is 33.4 Å². The minimum Gasteiger partial charge on any atom is -0.383 e. The largest absolute Gasteiger partial charge is 0.383 e. The molecule has 6 heteroatoms. The summed E-state index contributed by atoms with van der Waals surface area (Å²) in [5, 5.41) is 0.646. The molecule has 1 saturated heterocycles. The Morgan fingerprint density at radius 1 is 1.55 bits per heavy atom. The fourth-order valence-electron chi connectivity index (χ4n) is 2.55. The predicted octanol–water partition coefficient (Wildman–Crippen LogP) is 2.74. The average molecular weight is 362 g/mol. The van der Waals surface area contributed by atoms with Crippen LogP contribution in [0.15, 0.2) is 22.7 Å². The standard InChI is InChI=1S/C14H18BrClN2O2/c1-20-7-6-18-13(19)5-4-12(17)14(18)9-2-3-11(16)10(15)8-9/h2-3,8,12,14H,4-7,17H2,1H3. The van der Waals surface area contributed by atoms with Crippen molar-refractivity contribution in [1.82, 2.24) is 4.90 Å². The second kappa shape index (κ2) is 6.89. The first kappa shape index (κ1) is 15.8. The normalized spacial score (nSPS) is 23.2. The molecule has 2 N–H and O–H groups in total. The number of methoxy groups -OCH3 is 1. The van der Waals surface area contributed by atoms with Gasteiger partial charge in [0.15, 0.2) is 0 Å². The number of piperidine rings is 1. The van der Waals surface area contributed by atoms with Crippen LogP contribution in [0.25, 0.3) is 0 Å². The van der Waals surface area contributed by atoms with Gasteiger partial charge in [0.05, 0.1) is 17.7 Å². The Kier molecular flexibility index (Phi) is 5.43. The number of carbonyl (C=O) groups is 1. The highest BCUT2D eigenvalue weighted by molar-refractivity contribution is 9.10. The lowest BCUT2D eigenvalue weighted by molar-refractivity contribution is -0.138. The van der Waals surface area contributed by atoms with Gasteiger partial charge < -0.3 is 15.4 Å². The first-order valence-electron chi connectivity index (χ1n) is 6.53. The van der Waals surface area contributed by atoms with Gasteiger partial charge >= 0.3 is 0 Å². The molecular formula is C14H18BrClN2O2. The number of nitrogens with zero attached hydrogens (tertiary/aromatic N) is 1. The van der Waals surface area contributed by atoms with Gasteiger partial charge in [-0.05, 0) is 40.0 Å². The number of hydrogen-bond acceptors (Lipinski definition) is 3. The highest BCUT2D eigenvalue weighted by Gasteiger charge is 2.34. The molecule has 1 heterocycles. The summed E-state index contributed by atoms with van der Waals surface area (Å²) < 4.78 is 5.90. The molecule has 0 saturated carbocycles. The van der Waals surface area contributed by atoms with Gasteiger partial charge in [-0.25, -0.2) is 0 Å². The molecule has 2 rings (SSSR count). The Morgan fingerprint density at radius 2 is 2.30 bits per heavy atom. The third kappa shape index (κ3) is 3.34. The summed E-state index contributed by atoms with van der Waals surface area (Å²) in [4.78, 5) is 14.0. The number of likely N-dealkylation sites (tertiary alicyclic amines) is 1. The lowest BCUT2D eigenvalue weighted by Gasteiger charge is -2.40. The molecule has 4 nitrogen and oxygen atoms in total. The molecule has 0 spiro atoms. The molecule has 1 aromatic carbocycles. The molecule has 1 amide bonds. The topological polar surface area (TPSA) is 55.6 Å². The predicted molar refractivity (Wildman–Crippen MR) is 82.7 cm³/mol. The number of ether oxygens (including phenoxy) is 1. The van der Waals surface area contributed by atoms with Crippen LogP contribution in [0, 0.1) is 0 Å². The van der Waals surface area contributed by atoms with Crippen LogP contribution in [-0.4, -0.2) is 37.1 Å². The minimum absolute atomic E-state index is 0.0716. The van der Waals surface area contributed by atoms with Gasteiger partial charge in [0.2, 0.25) is 5.91 Å². The molecule has 110 valence electrons. The van der Waals surface area contributed by atoms with Crippen molar-refractivity contribution in [2.45, 2.75) is 24.9 Å². The molecule has 1 aliphatic heterocycles. The number of benzene rings is 1. The van der Waals surface area contributed by atoms with E-state index >= 15 is 0 Å². The third-order valence-corrected chi connectivity index (χ3v) is 4.79. The molecule has 1 aromatic rings. The van der Waals surface area contributed by atoms with Crippen molar-refractivity contribution in [2.75, 3.05) is 20.3 Å². The molecule has 1 aliphatic rings. The van der Waals surface area contributed by atoms with Gasteiger partial charge in [-0.1, -0.05) is 17.7 Å². The second-order valence-electron chi connectivity index (χ2n) is 4.90. The van der Waals surface area contributed by atoms with Gasteiger partial charge in [0.25, 0.3) is 0 Å². The molecule has 2 atom stereocenters. The van der Waals surface area contributed by atoms with Crippen LogP contribution in [0.3, 0.4) is 0 Å². The van der Waals surface area contributed by atoms with Gasteiger partial charge in [-0.2, -0.15) is 0 Å². The van der Waals surface area contributed by atoms with Crippen LogP contribution in [0.4, 0.5) is 0 Å². The molecule has 0 bridgehead atoms. The molecule has 2 unspecified atom stereocenters. The summed E-state index contributed by atoms with van der Waals surface area (Å²) in [7, 11) is 1.63. The van der Waals surface area contributed by atoms with E-state index in [0.717, 1.165) is 10.0 Å². The Morgan fingerprint density at radius 3 is 2.95 bits per heavy atom. The molecular weight excluding hydrogens is 344 g/mol. The highest BCUT2D eigenvalue weighted by atomic mass is 79.9. The van der Waals surface area contributed by atoms with Crippen LogP contribution in [-0.2, 0) is 9.53 Å². The van der Waals surface area contributed by atoms with Crippen molar-refractivity contribution < 1.29 is 9.53 Å². The Bertz CT molecular complexity index is 498. The van der Waals surface area contributed by atoms with E-state index in [1.807, 2.05) is 23.1 Å². The van der Waals surface area contributed by atoms with Crippen LogP contribution >= 0.6 is 27.5 Å². The van der Waals surface area contributed by atoms with E-state index < -0.39 is 0 Å². The molecule has 0 aliphatic carbocycles. The third-order valence-electron chi connectivity index (χ3n) is 3.57. The SMILES string of the molecule is COCCN1C(=O)CCC(N)C1c1ccc(Cl)c(Br)c1. The second-order valence-corrected chi connectivity index (χ2v) is 6.16. The van der Waals surface area contributed by atoms with Crippen LogP contribution < -0.4 is 5.73 Å². The lowest BCUT2D eigenvalue weighted by atomic mass is 9.90. The van der Waals surface area contributed by atoms with Crippen molar-refractivity contribution in [3.63, 3.8) is 0 Å². The fraction of sp³-hybridized carbons (Fsp3) is 0.500. The highest BCUT2D eigenvalue weighted by Crippen LogP contribution is 2.34. The van der Waals surface area contributed by atoms with E-state index in [1.54, 1.807) is 7.11 Å². The first-order chi connectivity index (χ1) is 9.54. The summed E-state index contributed by atoms with van der Waals surface area (Å²) in [6.07, 6.45) is 1.20. The van der Waals surface area contributed by atoms with Crippen LogP contribution in [0.1, 0.15) is 24.4 Å². The van der Waals surface area contributed by atoms with Gasteiger partial charge in [0.1, 0.15) is 0 Å². The van der Waals surface area contributed by atoms with E-state index in [1.165, 1.54) is 0 Å². The van der Waals surface area contributed by atoms with Crippen molar-refractivity contribution in [3.05, 3.63) is 33.3 Å². The Labute approximate surface area is 132 Å². The maximum atomic E-state index is 12.2. The lowest BCUT2D eigenvalue weighted by Crippen LogP contribution is -2.49. The van der Waals surface area contributed by atoms with E-state index in [9.17, 15) is 4.79 Å². The first-order valence-corrected chi connectivity index (χ1v) is 7.70. The smallest absolute Gasteiger partial charge is 0.223 e. The fourth-order valence-corrected chi connectivity index (χ4v) is 3.07. The summed E-state index contributed by atoms with van der Waals surface area (Å²) in [5.41, 5.74) is 7.24. The Balaban J connectivity index is 2.31. The number of halogens is 2. The number of hydrogen-bond donors (Lipinski definition) is 1. The summed E-state index contributed by atoms with van der Waals surface area (Å²) in [5.74, 6) is 0.125. The average Bonchev–Trinajstić information content (AvgIpc) is 2.43. The minimum atomic E-state index is -0.125. The summed E-state index contributed by atoms with van der Waals surface area (Å²) >= 11 is 9.45. The van der Waals surface area contributed by atoms with Crippen molar-refractivity contribution in [3.8, 4) is 0 Å². The zero-order chi connectivity index (χ0) is 14.7. The summed E-state index contributed by atoms with van der Waals surface area (Å²) in [6, 6.07) is 5.49. The Hall–Kier alpha value is -0.620. The van der Waals surface area contributed by atoms with Gasteiger partial charge in [-0.15, -0.1) is 0 Å². The zero-order valence-electron chi connectivity index (χ0n) is 11.3. The van der Waals surface area contributed by atoms with E-state index in [-0.39, 0.29) is 18.0 Å². The van der Waals surface area contributed by atoms with Crippen molar-refractivity contribution in [2.24, 2.45) is 5.73 Å². The maximum Gasteiger partial charge on any atom is 0.223 e. The number of amides is 1. The van der Waals surface area contributed by atoms with Crippen LogP contribution in [0.5, 0.6) is 0 Å². The molecule has 20 heavy (non-hydrogen) atoms. The number of carbonyl (C=O) groups excluding carboxylic acids is 1. The molecule has 1 fully saturated rings. The monoisotopic (exact) mass is 360 g/mol. The van der Waals surface area contributed by atoms with E-state index in [4.69, 9.17) is 22.1 Å². The summed E-state index contributed by atoms with van der Waals surface area (Å²) in [6.45, 7) is 1.05. The number of nitrogens with two attached hydrogens (primary N) is 1. The van der Waals surface area contributed by atoms with E-state index in [2.05, 4.69) is 15.9 Å². The molecule has 0 radical (unpaired) electrons. The van der Waals surface area contributed by atoms with Crippen molar-refractivity contribution in [1.29, 1.82) is 0 Å². The van der Waals surface area contributed by atoms with Gasteiger partial charge in [-0.3, -0.25) is 4.79 Å². The zero-order valence-corrected chi connectivity index (χ0v) is 13.7. The molecule has 0 aromatic heterocycles. The maximum absolute atomic E-state index is 12.2.